The summed E-state index contributed by atoms with van der Waals surface area (Å²) in [5.41, 5.74) is 7.83. The number of hydrogen-bond donors (Lipinski definition) is 1. The van der Waals surface area contributed by atoms with Gasteiger partial charge in [-0.3, -0.25) is 0 Å². The molecule has 2 N–H and O–H groups in total. The van der Waals surface area contributed by atoms with Gasteiger partial charge in [0.2, 0.25) is 5.88 Å². The van der Waals surface area contributed by atoms with Gasteiger partial charge in [-0.1, -0.05) is 24.3 Å². The van der Waals surface area contributed by atoms with Gasteiger partial charge >= 0.3 is 5.97 Å². The molecule has 0 saturated carbocycles. The molecule has 1 atom stereocenters. The Kier molecular flexibility index (Phi) is 5.79. The van der Waals surface area contributed by atoms with E-state index < -0.39 is 18.2 Å². The van der Waals surface area contributed by atoms with Crippen molar-refractivity contribution in [3.05, 3.63) is 58.2 Å². The topological polar surface area (TPSA) is 104 Å². The van der Waals surface area contributed by atoms with Gasteiger partial charge in [-0.2, -0.15) is 5.26 Å². The van der Waals surface area contributed by atoms with Gasteiger partial charge in [0.25, 0.3) is 0 Å². The van der Waals surface area contributed by atoms with Crippen LogP contribution in [0, 0.1) is 11.3 Å². The number of carbonyl (C=O) groups excluding carboxylic acids is 1. The number of hydrogen-bond acceptors (Lipinski definition) is 7. The molecular formula is C20H22N2O5. The molecule has 1 fully saturated rings. The van der Waals surface area contributed by atoms with Gasteiger partial charge in [-0.05, 0) is 25.8 Å². The fraction of sp³-hybridized carbons (Fsp3) is 0.400. The summed E-state index contributed by atoms with van der Waals surface area (Å²) in [5.74, 6) is -0.961. The highest BCUT2D eigenvalue weighted by Gasteiger charge is 2.38. The van der Waals surface area contributed by atoms with Crippen LogP contribution in [0.5, 0.6) is 0 Å². The van der Waals surface area contributed by atoms with Crippen LogP contribution in [-0.4, -0.2) is 25.8 Å². The van der Waals surface area contributed by atoms with Crippen LogP contribution in [0.4, 0.5) is 0 Å². The number of nitrogens with two attached hydrogens (primary N) is 1. The second-order valence-electron chi connectivity index (χ2n) is 6.17. The van der Waals surface area contributed by atoms with E-state index >= 15 is 0 Å². The molecule has 27 heavy (non-hydrogen) atoms. The van der Waals surface area contributed by atoms with E-state index in [4.69, 9.17) is 24.7 Å². The standard InChI is InChI=1S/C20H22N2O5/c1-3-24-19(23)16-12(2)27-18(22)15(11-21)17(16)13-7-4-5-8-14(13)20-25-9-6-10-26-20/h4-5,7-8,17,20H,3,6,9-10,22H2,1-2H3. The van der Waals surface area contributed by atoms with E-state index in [2.05, 4.69) is 6.07 Å². The summed E-state index contributed by atoms with van der Waals surface area (Å²) >= 11 is 0. The fourth-order valence-corrected chi connectivity index (χ4v) is 3.32. The predicted molar refractivity (Wildman–Crippen MR) is 95.7 cm³/mol. The van der Waals surface area contributed by atoms with Crippen molar-refractivity contribution in [2.45, 2.75) is 32.5 Å². The molecule has 1 unspecified atom stereocenters. The highest BCUT2D eigenvalue weighted by Crippen LogP contribution is 2.42. The Hall–Kier alpha value is -2.82. The molecule has 2 heterocycles. The summed E-state index contributed by atoms with van der Waals surface area (Å²) in [6.07, 6.45) is 0.252. The van der Waals surface area contributed by atoms with Crippen LogP contribution in [0.3, 0.4) is 0 Å². The van der Waals surface area contributed by atoms with Crippen molar-refractivity contribution >= 4 is 5.97 Å². The third kappa shape index (κ3) is 3.68. The van der Waals surface area contributed by atoms with E-state index in [-0.39, 0.29) is 23.6 Å². The molecule has 7 nitrogen and oxygen atoms in total. The highest BCUT2D eigenvalue weighted by atomic mass is 16.7. The number of esters is 1. The average Bonchev–Trinajstić information content (AvgIpc) is 2.68. The summed E-state index contributed by atoms with van der Waals surface area (Å²) in [6, 6.07) is 9.48. The predicted octanol–water partition coefficient (Wildman–Crippen LogP) is 2.77. The number of nitrogens with zero attached hydrogens (tertiary/aromatic N) is 1. The summed E-state index contributed by atoms with van der Waals surface area (Å²) in [4.78, 5) is 12.7. The van der Waals surface area contributed by atoms with E-state index in [1.165, 1.54) is 0 Å². The van der Waals surface area contributed by atoms with Crippen LogP contribution in [0.2, 0.25) is 0 Å². The fourth-order valence-electron chi connectivity index (χ4n) is 3.32. The van der Waals surface area contributed by atoms with Gasteiger partial charge in [0.05, 0.1) is 31.3 Å². The summed E-state index contributed by atoms with van der Waals surface area (Å²) in [6.45, 7) is 4.72. The zero-order chi connectivity index (χ0) is 19.4. The molecule has 1 saturated heterocycles. The number of carbonyl (C=O) groups is 1. The quantitative estimate of drug-likeness (QED) is 0.813. The number of allylic oxidation sites excluding steroid dienone is 2. The maximum atomic E-state index is 12.7. The van der Waals surface area contributed by atoms with Crippen molar-refractivity contribution < 1.29 is 23.7 Å². The van der Waals surface area contributed by atoms with E-state index in [1.54, 1.807) is 13.8 Å². The first kappa shape index (κ1) is 19.0. The third-order valence-corrected chi connectivity index (χ3v) is 4.49. The second-order valence-corrected chi connectivity index (χ2v) is 6.17. The number of benzene rings is 1. The van der Waals surface area contributed by atoms with E-state index in [9.17, 15) is 10.1 Å². The Morgan fingerprint density at radius 3 is 2.59 bits per heavy atom. The lowest BCUT2D eigenvalue weighted by Gasteiger charge is -2.31. The summed E-state index contributed by atoms with van der Waals surface area (Å²) in [7, 11) is 0. The zero-order valence-electron chi connectivity index (χ0n) is 15.4. The lowest BCUT2D eigenvalue weighted by molar-refractivity contribution is -0.183. The largest absolute Gasteiger partial charge is 0.463 e. The normalized spacial score (nSPS) is 20.9. The monoisotopic (exact) mass is 370 g/mol. The van der Waals surface area contributed by atoms with Crippen LogP contribution in [0.1, 0.15) is 43.6 Å². The van der Waals surface area contributed by atoms with Gasteiger partial charge in [0, 0.05) is 5.56 Å². The van der Waals surface area contributed by atoms with Crippen molar-refractivity contribution in [3.8, 4) is 6.07 Å². The molecule has 0 radical (unpaired) electrons. The molecule has 2 aliphatic heterocycles. The molecule has 3 rings (SSSR count). The molecule has 0 bridgehead atoms. The van der Waals surface area contributed by atoms with Crippen LogP contribution in [-0.2, 0) is 23.7 Å². The Morgan fingerprint density at radius 2 is 1.96 bits per heavy atom. The summed E-state index contributed by atoms with van der Waals surface area (Å²) < 4.78 is 22.2. The third-order valence-electron chi connectivity index (χ3n) is 4.49. The molecule has 7 heteroatoms. The van der Waals surface area contributed by atoms with E-state index in [0.717, 1.165) is 12.0 Å². The number of nitriles is 1. The van der Waals surface area contributed by atoms with Gasteiger partial charge < -0.3 is 24.7 Å². The zero-order valence-corrected chi connectivity index (χ0v) is 15.4. The van der Waals surface area contributed by atoms with Crippen LogP contribution in [0.15, 0.2) is 47.1 Å². The molecule has 0 aromatic heterocycles. The van der Waals surface area contributed by atoms with Gasteiger partial charge in [-0.15, -0.1) is 0 Å². The SMILES string of the molecule is CCOC(=O)C1=C(C)OC(N)=C(C#N)C1c1ccccc1C1OCCCO1. The first-order valence-corrected chi connectivity index (χ1v) is 8.86. The van der Waals surface area contributed by atoms with Crippen LogP contribution < -0.4 is 5.73 Å². The summed E-state index contributed by atoms with van der Waals surface area (Å²) in [5, 5.41) is 9.71. The number of ether oxygens (including phenoxy) is 4. The Bertz CT molecular complexity index is 831. The Morgan fingerprint density at radius 1 is 1.30 bits per heavy atom. The second kappa shape index (κ2) is 8.25. The van der Waals surface area contributed by atoms with Crippen molar-refractivity contribution in [1.82, 2.24) is 0 Å². The highest BCUT2D eigenvalue weighted by molar-refractivity contribution is 5.92. The molecule has 0 amide bonds. The van der Waals surface area contributed by atoms with Crippen LogP contribution in [0.25, 0.3) is 0 Å². The smallest absolute Gasteiger partial charge is 0.338 e. The molecule has 2 aliphatic rings. The lowest BCUT2D eigenvalue weighted by Crippen LogP contribution is -2.27. The average molecular weight is 370 g/mol. The lowest BCUT2D eigenvalue weighted by atomic mass is 9.80. The minimum absolute atomic E-state index is 0.0201. The van der Waals surface area contributed by atoms with Crippen molar-refractivity contribution in [2.75, 3.05) is 19.8 Å². The molecule has 1 aromatic rings. The van der Waals surface area contributed by atoms with Gasteiger partial charge in [-0.25, -0.2) is 4.79 Å². The van der Waals surface area contributed by atoms with E-state index in [0.29, 0.717) is 24.5 Å². The van der Waals surface area contributed by atoms with Gasteiger partial charge in [0.1, 0.15) is 17.4 Å². The van der Waals surface area contributed by atoms with Gasteiger partial charge in [0.15, 0.2) is 6.29 Å². The first-order chi connectivity index (χ1) is 13.1. The molecule has 142 valence electrons. The molecule has 0 aliphatic carbocycles. The van der Waals surface area contributed by atoms with Crippen LogP contribution >= 0.6 is 0 Å². The molecule has 0 spiro atoms. The van der Waals surface area contributed by atoms with Crippen molar-refractivity contribution in [1.29, 1.82) is 5.26 Å². The molecule has 1 aromatic carbocycles. The minimum Gasteiger partial charge on any atom is -0.463 e. The minimum atomic E-state index is -0.715. The maximum Gasteiger partial charge on any atom is 0.338 e. The Balaban J connectivity index is 2.14. The van der Waals surface area contributed by atoms with Crippen molar-refractivity contribution in [2.24, 2.45) is 5.73 Å². The first-order valence-electron chi connectivity index (χ1n) is 8.86. The molecular weight excluding hydrogens is 348 g/mol. The maximum absolute atomic E-state index is 12.7. The number of rotatable bonds is 4. The van der Waals surface area contributed by atoms with E-state index in [1.807, 2.05) is 24.3 Å². The van der Waals surface area contributed by atoms with Crippen molar-refractivity contribution in [3.63, 3.8) is 0 Å². The Labute approximate surface area is 157 Å².